The topological polar surface area (TPSA) is 38.3 Å². The second-order valence-corrected chi connectivity index (χ2v) is 6.13. The Kier molecular flexibility index (Phi) is 6.34. The lowest BCUT2D eigenvalue weighted by atomic mass is 10.1. The maximum absolute atomic E-state index is 12.0. The number of aryl methyl sites for hydroxylation is 2. The third-order valence-electron chi connectivity index (χ3n) is 3.22. The van der Waals surface area contributed by atoms with Crippen molar-refractivity contribution in [2.24, 2.45) is 0 Å². The van der Waals surface area contributed by atoms with Crippen molar-refractivity contribution in [3.63, 3.8) is 0 Å². The molecule has 1 N–H and O–H groups in total. The van der Waals surface area contributed by atoms with Gasteiger partial charge in [0.15, 0.2) is 0 Å². The minimum Gasteiger partial charge on any atom is -0.493 e. The molecule has 4 heteroatoms. The van der Waals surface area contributed by atoms with Crippen LogP contribution in [0.15, 0.2) is 48.5 Å². The van der Waals surface area contributed by atoms with Gasteiger partial charge in [0.2, 0.25) is 5.91 Å². The molecule has 0 aliphatic rings. The summed E-state index contributed by atoms with van der Waals surface area (Å²) < 4.78 is 5.59. The number of carbonyl (C=O) groups excluding carboxylic acids is 1. The Morgan fingerprint density at radius 3 is 2.41 bits per heavy atom. The lowest BCUT2D eigenvalue weighted by molar-refractivity contribution is -0.113. The number of benzene rings is 2. The number of carbonyl (C=O) groups is 1. The fraction of sp³-hybridized carbons (Fsp3) is 0.278. The quantitative estimate of drug-likeness (QED) is 0.783. The van der Waals surface area contributed by atoms with Crippen molar-refractivity contribution in [3.8, 4) is 5.75 Å². The number of thioether (sulfide) groups is 1. The van der Waals surface area contributed by atoms with Crippen LogP contribution in [-0.4, -0.2) is 24.0 Å². The van der Waals surface area contributed by atoms with Crippen molar-refractivity contribution in [2.75, 3.05) is 23.4 Å². The van der Waals surface area contributed by atoms with Crippen LogP contribution in [0.1, 0.15) is 11.1 Å². The molecule has 0 saturated carbocycles. The molecule has 0 unspecified atom stereocenters. The highest BCUT2D eigenvalue weighted by molar-refractivity contribution is 7.99. The zero-order valence-corrected chi connectivity index (χ0v) is 13.8. The van der Waals surface area contributed by atoms with E-state index in [0.717, 1.165) is 28.3 Å². The van der Waals surface area contributed by atoms with Crippen LogP contribution < -0.4 is 10.1 Å². The smallest absolute Gasteiger partial charge is 0.234 e. The van der Waals surface area contributed by atoms with E-state index in [4.69, 9.17) is 4.74 Å². The van der Waals surface area contributed by atoms with Gasteiger partial charge in [-0.05, 0) is 37.1 Å². The van der Waals surface area contributed by atoms with Crippen LogP contribution in [-0.2, 0) is 4.79 Å². The minimum absolute atomic E-state index is 0.0297. The van der Waals surface area contributed by atoms with E-state index in [2.05, 4.69) is 5.32 Å². The summed E-state index contributed by atoms with van der Waals surface area (Å²) in [6.07, 6.45) is 0. The molecule has 3 nitrogen and oxygen atoms in total. The minimum atomic E-state index is 0.0297. The van der Waals surface area contributed by atoms with Crippen molar-refractivity contribution in [2.45, 2.75) is 13.8 Å². The van der Waals surface area contributed by atoms with Crippen LogP contribution in [0.2, 0.25) is 0 Å². The Morgan fingerprint density at radius 2 is 1.73 bits per heavy atom. The number of nitrogens with one attached hydrogen (secondary N) is 1. The molecule has 0 fully saturated rings. The highest BCUT2D eigenvalue weighted by Gasteiger charge is 2.07. The average Bonchev–Trinajstić information content (AvgIpc) is 2.52. The number of para-hydroxylation sites is 2. The molecule has 0 bridgehead atoms. The lowest BCUT2D eigenvalue weighted by Gasteiger charge is -2.11. The number of rotatable bonds is 7. The lowest BCUT2D eigenvalue weighted by Crippen LogP contribution is -2.16. The molecule has 0 spiro atoms. The van der Waals surface area contributed by atoms with Crippen LogP contribution in [0.25, 0.3) is 0 Å². The molecule has 1 amide bonds. The molecule has 0 aromatic heterocycles. The van der Waals surface area contributed by atoms with Crippen LogP contribution in [0.5, 0.6) is 5.75 Å². The summed E-state index contributed by atoms with van der Waals surface area (Å²) in [5.41, 5.74) is 3.10. The summed E-state index contributed by atoms with van der Waals surface area (Å²) in [6.45, 7) is 4.61. The normalized spacial score (nSPS) is 10.3. The monoisotopic (exact) mass is 315 g/mol. The molecule has 2 aromatic carbocycles. The average molecular weight is 315 g/mol. The Bertz CT molecular complexity index is 593. The van der Waals surface area contributed by atoms with Gasteiger partial charge in [-0.2, -0.15) is 0 Å². The van der Waals surface area contributed by atoms with E-state index in [0.29, 0.717) is 12.4 Å². The van der Waals surface area contributed by atoms with Gasteiger partial charge >= 0.3 is 0 Å². The molecular formula is C18H21NO2S. The van der Waals surface area contributed by atoms with Crippen molar-refractivity contribution >= 4 is 23.4 Å². The first-order valence-corrected chi connectivity index (χ1v) is 8.44. The molecule has 2 aromatic rings. The molecule has 0 aliphatic carbocycles. The van der Waals surface area contributed by atoms with Crippen LogP contribution >= 0.6 is 11.8 Å². The maximum Gasteiger partial charge on any atom is 0.234 e. The predicted octanol–water partition coefficient (Wildman–Crippen LogP) is 4.05. The zero-order chi connectivity index (χ0) is 15.8. The van der Waals surface area contributed by atoms with Gasteiger partial charge in [-0.25, -0.2) is 0 Å². The second kappa shape index (κ2) is 8.49. The predicted molar refractivity (Wildman–Crippen MR) is 93.8 cm³/mol. The number of hydrogen-bond donors (Lipinski definition) is 1. The van der Waals surface area contributed by atoms with Crippen molar-refractivity contribution in [1.82, 2.24) is 0 Å². The molecule has 0 aliphatic heterocycles. The SMILES string of the molecule is Cc1cccc(C)c1NC(=O)CSCCOc1ccccc1. The standard InChI is InChI=1S/C18H21NO2S/c1-14-7-6-8-15(2)18(14)19-17(20)13-22-12-11-21-16-9-4-3-5-10-16/h3-10H,11-13H2,1-2H3,(H,19,20). The van der Waals surface area contributed by atoms with E-state index in [1.54, 1.807) is 11.8 Å². The zero-order valence-electron chi connectivity index (χ0n) is 13.0. The van der Waals surface area contributed by atoms with Gasteiger partial charge in [0.05, 0.1) is 12.4 Å². The third kappa shape index (κ3) is 5.11. The van der Waals surface area contributed by atoms with Gasteiger partial charge < -0.3 is 10.1 Å². The molecule has 0 heterocycles. The molecule has 2 rings (SSSR count). The van der Waals surface area contributed by atoms with Crippen LogP contribution in [0.3, 0.4) is 0 Å². The fourth-order valence-electron chi connectivity index (χ4n) is 2.09. The van der Waals surface area contributed by atoms with Crippen LogP contribution in [0.4, 0.5) is 5.69 Å². The van der Waals surface area contributed by atoms with E-state index < -0.39 is 0 Å². The molecular weight excluding hydrogens is 294 g/mol. The summed E-state index contributed by atoms with van der Waals surface area (Å²) >= 11 is 1.57. The van der Waals surface area contributed by atoms with E-state index >= 15 is 0 Å². The summed E-state index contributed by atoms with van der Waals surface area (Å²) in [5.74, 6) is 2.12. The van der Waals surface area contributed by atoms with Crippen molar-refractivity contribution in [1.29, 1.82) is 0 Å². The molecule has 116 valence electrons. The Labute approximate surface area is 136 Å². The first kappa shape index (κ1) is 16.4. The first-order chi connectivity index (χ1) is 10.7. The maximum atomic E-state index is 12.0. The van der Waals surface area contributed by atoms with E-state index in [1.165, 1.54) is 0 Å². The summed E-state index contributed by atoms with van der Waals surface area (Å²) in [4.78, 5) is 12.0. The Hall–Kier alpha value is -1.94. The highest BCUT2D eigenvalue weighted by atomic mass is 32.2. The number of amides is 1. The van der Waals surface area contributed by atoms with Gasteiger partial charge in [0.1, 0.15) is 5.75 Å². The Balaban J connectivity index is 1.68. The van der Waals surface area contributed by atoms with E-state index in [-0.39, 0.29) is 5.91 Å². The summed E-state index contributed by atoms with van der Waals surface area (Å²) in [6, 6.07) is 15.7. The van der Waals surface area contributed by atoms with E-state index in [9.17, 15) is 4.79 Å². The van der Waals surface area contributed by atoms with Crippen molar-refractivity contribution in [3.05, 3.63) is 59.7 Å². The van der Waals surface area contributed by atoms with E-state index in [1.807, 2.05) is 62.4 Å². The summed E-state index contributed by atoms with van der Waals surface area (Å²) in [5, 5.41) is 2.99. The van der Waals surface area contributed by atoms with Gasteiger partial charge in [-0.15, -0.1) is 11.8 Å². The highest BCUT2D eigenvalue weighted by Crippen LogP contribution is 2.19. The number of ether oxygens (including phenoxy) is 1. The number of anilines is 1. The molecule has 22 heavy (non-hydrogen) atoms. The second-order valence-electron chi connectivity index (χ2n) is 5.03. The number of hydrogen-bond acceptors (Lipinski definition) is 3. The largest absolute Gasteiger partial charge is 0.493 e. The van der Waals surface area contributed by atoms with Gasteiger partial charge in [-0.3, -0.25) is 4.79 Å². The molecule has 0 atom stereocenters. The van der Waals surface area contributed by atoms with Crippen molar-refractivity contribution < 1.29 is 9.53 Å². The van der Waals surface area contributed by atoms with Crippen LogP contribution in [0, 0.1) is 13.8 Å². The summed E-state index contributed by atoms with van der Waals surface area (Å²) in [7, 11) is 0. The third-order valence-corrected chi connectivity index (χ3v) is 4.14. The van der Waals surface area contributed by atoms with Gasteiger partial charge in [0, 0.05) is 11.4 Å². The molecule has 0 radical (unpaired) electrons. The van der Waals surface area contributed by atoms with Gasteiger partial charge in [-0.1, -0.05) is 36.4 Å². The van der Waals surface area contributed by atoms with Gasteiger partial charge in [0.25, 0.3) is 0 Å². The fourth-order valence-corrected chi connectivity index (χ4v) is 2.69. The first-order valence-electron chi connectivity index (χ1n) is 7.28. The Morgan fingerprint density at radius 1 is 1.05 bits per heavy atom. The molecule has 0 saturated heterocycles.